The Morgan fingerprint density at radius 1 is 1.21 bits per heavy atom. The van der Waals surface area contributed by atoms with Crippen molar-refractivity contribution >= 4 is 17.3 Å². The molecule has 3 N–H and O–H groups in total. The Labute approximate surface area is 112 Å². The molecule has 0 bridgehead atoms. The number of hydrogen-bond donors (Lipinski definition) is 2. The highest BCUT2D eigenvalue weighted by atomic mass is 16.5. The molecule has 2 aromatic rings. The maximum absolute atomic E-state index is 12.2. The van der Waals surface area contributed by atoms with E-state index in [9.17, 15) is 4.79 Å². The van der Waals surface area contributed by atoms with E-state index < -0.39 is 0 Å². The second-order valence-corrected chi connectivity index (χ2v) is 4.21. The number of nitrogen functional groups attached to an aromatic ring is 1. The summed E-state index contributed by atoms with van der Waals surface area (Å²) in [5, 5.41) is 2.83. The molecule has 4 nitrogen and oxygen atoms in total. The molecule has 0 atom stereocenters. The molecule has 0 aliphatic rings. The minimum absolute atomic E-state index is 0.182. The van der Waals surface area contributed by atoms with Crippen LogP contribution in [0.4, 0.5) is 11.4 Å². The van der Waals surface area contributed by atoms with Gasteiger partial charge in [-0.25, -0.2) is 0 Å². The fourth-order valence-electron chi connectivity index (χ4n) is 1.80. The van der Waals surface area contributed by atoms with Gasteiger partial charge in [0.05, 0.1) is 7.11 Å². The van der Waals surface area contributed by atoms with Crippen molar-refractivity contribution in [2.75, 3.05) is 18.2 Å². The van der Waals surface area contributed by atoms with Crippen LogP contribution in [0.2, 0.25) is 0 Å². The number of hydrogen-bond acceptors (Lipinski definition) is 3. The van der Waals surface area contributed by atoms with Gasteiger partial charge < -0.3 is 15.8 Å². The van der Waals surface area contributed by atoms with E-state index in [1.54, 1.807) is 31.4 Å². The zero-order valence-electron chi connectivity index (χ0n) is 10.9. The van der Waals surface area contributed by atoms with Gasteiger partial charge in [-0.3, -0.25) is 4.79 Å². The van der Waals surface area contributed by atoms with Gasteiger partial charge in [0.15, 0.2) is 0 Å². The first-order valence-electron chi connectivity index (χ1n) is 5.92. The molecule has 0 saturated carbocycles. The van der Waals surface area contributed by atoms with Crippen LogP contribution in [0.3, 0.4) is 0 Å². The number of amides is 1. The molecule has 4 heteroatoms. The first kappa shape index (κ1) is 13.0. The van der Waals surface area contributed by atoms with E-state index >= 15 is 0 Å². The minimum Gasteiger partial charge on any atom is -0.497 e. The second-order valence-electron chi connectivity index (χ2n) is 4.21. The minimum atomic E-state index is -0.182. The van der Waals surface area contributed by atoms with Gasteiger partial charge in [-0.2, -0.15) is 0 Å². The van der Waals surface area contributed by atoms with Crippen LogP contribution in [-0.4, -0.2) is 13.0 Å². The summed E-state index contributed by atoms with van der Waals surface area (Å²) in [7, 11) is 1.59. The van der Waals surface area contributed by atoms with Crippen molar-refractivity contribution in [3.05, 3.63) is 53.6 Å². The van der Waals surface area contributed by atoms with E-state index in [0.29, 0.717) is 22.7 Å². The number of ether oxygens (including phenoxy) is 1. The molecule has 0 unspecified atom stereocenters. The highest BCUT2D eigenvalue weighted by molar-refractivity contribution is 6.06. The number of rotatable bonds is 3. The molecule has 98 valence electrons. The van der Waals surface area contributed by atoms with E-state index in [0.717, 1.165) is 5.56 Å². The summed E-state index contributed by atoms with van der Waals surface area (Å²) in [5.41, 5.74) is 8.45. The summed E-state index contributed by atoms with van der Waals surface area (Å²) in [6.07, 6.45) is 0. The molecule has 0 aliphatic carbocycles. The Hall–Kier alpha value is -2.49. The number of carbonyl (C=O) groups is 1. The largest absolute Gasteiger partial charge is 0.497 e. The summed E-state index contributed by atoms with van der Waals surface area (Å²) < 4.78 is 5.11. The molecule has 0 spiro atoms. The lowest BCUT2D eigenvalue weighted by atomic mass is 10.1. The van der Waals surface area contributed by atoms with Crippen LogP contribution in [0.1, 0.15) is 15.9 Å². The van der Waals surface area contributed by atoms with Gasteiger partial charge in [-0.1, -0.05) is 12.1 Å². The SMILES string of the molecule is COc1cccc(NC(=O)c2cccc(N)c2C)c1. The molecule has 0 aliphatic heterocycles. The lowest BCUT2D eigenvalue weighted by Crippen LogP contribution is -2.14. The van der Waals surface area contributed by atoms with E-state index in [1.807, 2.05) is 25.1 Å². The number of benzene rings is 2. The number of carbonyl (C=O) groups excluding carboxylic acids is 1. The van der Waals surface area contributed by atoms with Crippen LogP contribution in [0.25, 0.3) is 0 Å². The summed E-state index contributed by atoms with van der Waals surface area (Å²) in [6.45, 7) is 1.83. The standard InChI is InChI=1S/C15H16N2O2/c1-10-13(7-4-8-14(10)16)15(18)17-11-5-3-6-12(9-11)19-2/h3-9H,16H2,1-2H3,(H,17,18). The average molecular weight is 256 g/mol. The Morgan fingerprint density at radius 3 is 2.68 bits per heavy atom. The highest BCUT2D eigenvalue weighted by Crippen LogP contribution is 2.20. The number of anilines is 2. The monoisotopic (exact) mass is 256 g/mol. The lowest BCUT2D eigenvalue weighted by molar-refractivity contribution is 0.102. The van der Waals surface area contributed by atoms with Crippen LogP contribution < -0.4 is 15.8 Å². The maximum atomic E-state index is 12.2. The van der Waals surface area contributed by atoms with Crippen molar-refractivity contribution in [3.63, 3.8) is 0 Å². The van der Waals surface area contributed by atoms with Crippen LogP contribution in [-0.2, 0) is 0 Å². The molecule has 2 aromatic carbocycles. The van der Waals surface area contributed by atoms with Gasteiger partial charge >= 0.3 is 0 Å². The topological polar surface area (TPSA) is 64.3 Å². The van der Waals surface area contributed by atoms with E-state index in [-0.39, 0.29) is 5.91 Å². The molecular weight excluding hydrogens is 240 g/mol. The molecule has 1 amide bonds. The Balaban J connectivity index is 2.23. The Bertz CT molecular complexity index is 609. The van der Waals surface area contributed by atoms with Gasteiger partial charge in [-0.15, -0.1) is 0 Å². The molecule has 0 aromatic heterocycles. The first-order chi connectivity index (χ1) is 9.11. The van der Waals surface area contributed by atoms with Crippen molar-refractivity contribution in [2.24, 2.45) is 0 Å². The van der Waals surface area contributed by atoms with Crippen molar-refractivity contribution in [1.82, 2.24) is 0 Å². The van der Waals surface area contributed by atoms with Gasteiger partial charge in [0, 0.05) is 23.0 Å². The van der Waals surface area contributed by atoms with Crippen LogP contribution >= 0.6 is 0 Å². The highest BCUT2D eigenvalue weighted by Gasteiger charge is 2.10. The van der Waals surface area contributed by atoms with Gasteiger partial charge in [0.2, 0.25) is 0 Å². The average Bonchev–Trinajstić information content (AvgIpc) is 2.42. The number of nitrogens with one attached hydrogen (secondary N) is 1. The Kier molecular flexibility index (Phi) is 3.71. The third kappa shape index (κ3) is 2.85. The lowest BCUT2D eigenvalue weighted by Gasteiger charge is -2.10. The zero-order chi connectivity index (χ0) is 13.8. The van der Waals surface area contributed by atoms with Crippen molar-refractivity contribution < 1.29 is 9.53 Å². The predicted molar refractivity (Wildman–Crippen MR) is 76.5 cm³/mol. The summed E-state index contributed by atoms with van der Waals surface area (Å²) in [5.74, 6) is 0.514. The molecular formula is C15H16N2O2. The van der Waals surface area contributed by atoms with Crippen molar-refractivity contribution in [3.8, 4) is 5.75 Å². The number of methoxy groups -OCH3 is 1. The fraction of sp³-hybridized carbons (Fsp3) is 0.133. The molecule has 0 saturated heterocycles. The van der Waals surface area contributed by atoms with E-state index in [4.69, 9.17) is 10.5 Å². The fourth-order valence-corrected chi connectivity index (χ4v) is 1.80. The number of nitrogens with two attached hydrogens (primary N) is 1. The predicted octanol–water partition coefficient (Wildman–Crippen LogP) is 2.84. The smallest absolute Gasteiger partial charge is 0.256 e. The third-order valence-electron chi connectivity index (χ3n) is 2.95. The van der Waals surface area contributed by atoms with Crippen LogP contribution in [0.15, 0.2) is 42.5 Å². The van der Waals surface area contributed by atoms with E-state index in [2.05, 4.69) is 5.32 Å². The first-order valence-corrected chi connectivity index (χ1v) is 5.92. The maximum Gasteiger partial charge on any atom is 0.256 e. The molecule has 2 rings (SSSR count). The quantitative estimate of drug-likeness (QED) is 0.830. The van der Waals surface area contributed by atoms with Gasteiger partial charge in [0.1, 0.15) is 5.75 Å². The summed E-state index contributed by atoms with van der Waals surface area (Å²) in [6, 6.07) is 12.5. The van der Waals surface area contributed by atoms with E-state index in [1.165, 1.54) is 0 Å². The summed E-state index contributed by atoms with van der Waals surface area (Å²) in [4.78, 5) is 12.2. The molecule has 0 heterocycles. The molecule has 0 radical (unpaired) electrons. The third-order valence-corrected chi connectivity index (χ3v) is 2.95. The Morgan fingerprint density at radius 2 is 1.95 bits per heavy atom. The second kappa shape index (κ2) is 5.44. The van der Waals surface area contributed by atoms with Crippen molar-refractivity contribution in [2.45, 2.75) is 6.92 Å². The van der Waals surface area contributed by atoms with Gasteiger partial charge in [-0.05, 0) is 36.8 Å². The van der Waals surface area contributed by atoms with Crippen LogP contribution in [0, 0.1) is 6.92 Å². The normalized spacial score (nSPS) is 10.0. The molecule has 0 fully saturated rings. The van der Waals surface area contributed by atoms with Crippen LogP contribution in [0.5, 0.6) is 5.75 Å². The molecule has 19 heavy (non-hydrogen) atoms. The van der Waals surface area contributed by atoms with Crippen molar-refractivity contribution in [1.29, 1.82) is 0 Å². The summed E-state index contributed by atoms with van der Waals surface area (Å²) >= 11 is 0. The zero-order valence-corrected chi connectivity index (χ0v) is 10.9. The van der Waals surface area contributed by atoms with Gasteiger partial charge in [0.25, 0.3) is 5.91 Å².